The maximum absolute atomic E-state index is 12.8. The van der Waals surface area contributed by atoms with Gasteiger partial charge in [-0.3, -0.25) is 0 Å². The summed E-state index contributed by atoms with van der Waals surface area (Å²) in [7, 11) is 0. The molecule has 3 N–H and O–H groups in total. The molecule has 0 spiro atoms. The Balaban J connectivity index is 2.84. The zero-order valence-corrected chi connectivity index (χ0v) is 8.09. The molecule has 0 bridgehead atoms. The van der Waals surface area contributed by atoms with Gasteiger partial charge < -0.3 is 15.3 Å². The molecule has 1 aromatic rings. The van der Waals surface area contributed by atoms with Gasteiger partial charge in [0.05, 0.1) is 0 Å². The number of hydrogen-bond acceptors (Lipinski definition) is 3. The Bertz CT molecular complexity index is 290. The van der Waals surface area contributed by atoms with Crippen molar-refractivity contribution in [3.63, 3.8) is 0 Å². The van der Waals surface area contributed by atoms with Crippen LogP contribution >= 0.6 is 15.9 Å². The molecule has 0 fully saturated rings. The van der Waals surface area contributed by atoms with E-state index >= 15 is 0 Å². The molecule has 0 saturated carbocycles. The van der Waals surface area contributed by atoms with Gasteiger partial charge in [-0.05, 0) is 28.1 Å². The second kappa shape index (κ2) is 3.73. The quantitative estimate of drug-likeness (QED) is 0.864. The first-order valence-corrected chi connectivity index (χ1v) is 4.26. The van der Waals surface area contributed by atoms with Crippen LogP contribution in [0.5, 0.6) is 0 Å². The van der Waals surface area contributed by atoms with E-state index in [1.807, 2.05) is 0 Å². The SMILES string of the molecule is N[C@@H](c1ccc(Br)o1)C(F)(F)CO. The van der Waals surface area contributed by atoms with E-state index in [1.165, 1.54) is 12.1 Å². The molecule has 0 aliphatic rings. The molecule has 1 heterocycles. The number of aliphatic hydroxyl groups excluding tert-OH is 1. The van der Waals surface area contributed by atoms with Gasteiger partial charge in [-0.25, -0.2) is 8.78 Å². The fraction of sp³-hybridized carbons (Fsp3) is 0.429. The van der Waals surface area contributed by atoms with E-state index in [4.69, 9.17) is 15.3 Å². The molecule has 0 radical (unpaired) electrons. The molecule has 6 heteroatoms. The second-order valence-corrected chi connectivity index (χ2v) is 3.32. The van der Waals surface area contributed by atoms with Gasteiger partial charge >= 0.3 is 0 Å². The fourth-order valence-electron chi connectivity index (χ4n) is 0.802. The maximum atomic E-state index is 12.8. The zero-order valence-electron chi connectivity index (χ0n) is 6.51. The molecule has 74 valence electrons. The van der Waals surface area contributed by atoms with Crippen molar-refractivity contribution in [2.24, 2.45) is 5.73 Å². The van der Waals surface area contributed by atoms with Crippen LogP contribution in [0.15, 0.2) is 21.2 Å². The highest BCUT2D eigenvalue weighted by molar-refractivity contribution is 9.10. The molecule has 0 amide bonds. The van der Waals surface area contributed by atoms with Crippen molar-refractivity contribution in [1.29, 1.82) is 0 Å². The Morgan fingerprint density at radius 1 is 1.62 bits per heavy atom. The van der Waals surface area contributed by atoms with Gasteiger partial charge in [-0.15, -0.1) is 0 Å². The summed E-state index contributed by atoms with van der Waals surface area (Å²) in [6.45, 7) is -1.30. The van der Waals surface area contributed by atoms with Crippen LogP contribution in [0.2, 0.25) is 0 Å². The van der Waals surface area contributed by atoms with E-state index < -0.39 is 18.6 Å². The molecule has 1 atom stereocenters. The first-order valence-electron chi connectivity index (χ1n) is 3.47. The third kappa shape index (κ3) is 2.26. The van der Waals surface area contributed by atoms with Crippen LogP contribution in [-0.4, -0.2) is 17.6 Å². The Kier molecular flexibility index (Phi) is 3.05. The third-order valence-corrected chi connectivity index (χ3v) is 1.99. The molecule has 1 rings (SSSR count). The molecule has 13 heavy (non-hydrogen) atoms. The van der Waals surface area contributed by atoms with Gasteiger partial charge in [0.15, 0.2) is 4.67 Å². The summed E-state index contributed by atoms with van der Waals surface area (Å²) in [6, 6.07) is 1.17. The average Bonchev–Trinajstić information content (AvgIpc) is 2.50. The zero-order chi connectivity index (χ0) is 10.1. The minimum absolute atomic E-state index is 0.0640. The van der Waals surface area contributed by atoms with Crippen molar-refractivity contribution in [2.75, 3.05) is 6.61 Å². The van der Waals surface area contributed by atoms with E-state index in [0.717, 1.165) is 0 Å². The molecule has 3 nitrogen and oxygen atoms in total. The van der Waals surface area contributed by atoms with Crippen LogP contribution in [0.1, 0.15) is 11.8 Å². The van der Waals surface area contributed by atoms with E-state index in [9.17, 15) is 8.78 Å². The first kappa shape index (κ1) is 10.6. The Morgan fingerprint density at radius 3 is 2.62 bits per heavy atom. The van der Waals surface area contributed by atoms with Gasteiger partial charge in [0.2, 0.25) is 0 Å². The van der Waals surface area contributed by atoms with Crippen LogP contribution in [0.25, 0.3) is 0 Å². The highest BCUT2D eigenvalue weighted by atomic mass is 79.9. The predicted molar refractivity (Wildman–Crippen MR) is 45.4 cm³/mol. The first-order chi connectivity index (χ1) is 5.97. The molecule has 0 saturated heterocycles. The maximum Gasteiger partial charge on any atom is 0.292 e. The summed E-state index contributed by atoms with van der Waals surface area (Å²) in [6.07, 6.45) is 0. The van der Waals surface area contributed by atoms with E-state index in [0.29, 0.717) is 4.67 Å². The van der Waals surface area contributed by atoms with Crippen molar-refractivity contribution < 1.29 is 18.3 Å². The van der Waals surface area contributed by atoms with Crippen molar-refractivity contribution in [1.82, 2.24) is 0 Å². The molecular formula is C7H8BrF2NO2. The highest BCUT2D eigenvalue weighted by Crippen LogP contribution is 2.30. The lowest BCUT2D eigenvalue weighted by Gasteiger charge is -2.18. The van der Waals surface area contributed by atoms with Crippen LogP contribution in [-0.2, 0) is 0 Å². The number of hydrogen-bond donors (Lipinski definition) is 2. The van der Waals surface area contributed by atoms with Crippen LogP contribution in [0.3, 0.4) is 0 Å². The smallest absolute Gasteiger partial charge is 0.292 e. The van der Waals surface area contributed by atoms with Gasteiger partial charge in [-0.1, -0.05) is 0 Å². The molecule has 0 unspecified atom stereocenters. The molecule has 0 aliphatic carbocycles. The van der Waals surface area contributed by atoms with Crippen LogP contribution < -0.4 is 5.73 Å². The summed E-state index contributed by atoms with van der Waals surface area (Å²) in [5, 5.41) is 8.35. The summed E-state index contributed by atoms with van der Waals surface area (Å²) >= 11 is 2.96. The minimum atomic E-state index is -3.36. The Hall–Kier alpha value is -0.460. The lowest BCUT2D eigenvalue weighted by atomic mass is 10.1. The third-order valence-electron chi connectivity index (χ3n) is 1.57. The summed E-state index contributed by atoms with van der Waals surface area (Å²) in [4.78, 5) is 0. The van der Waals surface area contributed by atoms with Crippen molar-refractivity contribution >= 4 is 15.9 Å². The van der Waals surface area contributed by atoms with Crippen molar-refractivity contribution in [3.8, 4) is 0 Å². The van der Waals surface area contributed by atoms with Gasteiger partial charge in [0.1, 0.15) is 18.4 Å². The molecule has 0 aliphatic heterocycles. The number of alkyl halides is 2. The normalized spacial score (nSPS) is 14.5. The summed E-state index contributed by atoms with van der Waals surface area (Å²) in [5.74, 6) is -3.43. The molecule has 1 aromatic heterocycles. The van der Waals surface area contributed by atoms with Crippen molar-refractivity contribution in [2.45, 2.75) is 12.0 Å². The van der Waals surface area contributed by atoms with E-state index in [2.05, 4.69) is 15.9 Å². The molecule has 0 aromatic carbocycles. The van der Waals surface area contributed by atoms with Crippen LogP contribution in [0.4, 0.5) is 8.78 Å². The molecular weight excluding hydrogens is 248 g/mol. The second-order valence-electron chi connectivity index (χ2n) is 2.54. The van der Waals surface area contributed by atoms with Crippen molar-refractivity contribution in [3.05, 3.63) is 22.6 Å². The van der Waals surface area contributed by atoms with Gasteiger partial charge in [0.25, 0.3) is 5.92 Å². The van der Waals surface area contributed by atoms with E-state index in [1.54, 1.807) is 0 Å². The fourth-order valence-corrected chi connectivity index (χ4v) is 1.12. The number of furan rings is 1. The van der Waals surface area contributed by atoms with Crippen LogP contribution in [0, 0.1) is 0 Å². The standard InChI is InChI=1S/C7H8BrF2NO2/c8-5-2-1-4(13-5)6(11)7(9,10)3-12/h1-2,6,12H,3,11H2/t6-/m0/s1. The Labute approximate surface area is 81.7 Å². The topological polar surface area (TPSA) is 59.4 Å². The monoisotopic (exact) mass is 255 g/mol. The van der Waals surface area contributed by atoms with Gasteiger partial charge in [-0.2, -0.15) is 0 Å². The lowest BCUT2D eigenvalue weighted by Crippen LogP contribution is -2.35. The number of nitrogens with two attached hydrogens (primary N) is 1. The van der Waals surface area contributed by atoms with Gasteiger partial charge in [0, 0.05) is 0 Å². The largest absolute Gasteiger partial charge is 0.452 e. The number of rotatable bonds is 3. The van der Waals surface area contributed by atoms with E-state index in [-0.39, 0.29) is 5.76 Å². The predicted octanol–water partition coefficient (Wildman–Crippen LogP) is 1.67. The minimum Gasteiger partial charge on any atom is -0.452 e. The summed E-state index contributed by atoms with van der Waals surface area (Å²) in [5.41, 5.74) is 5.17. The number of aliphatic hydroxyl groups is 1. The Morgan fingerprint density at radius 2 is 2.23 bits per heavy atom. The average molecular weight is 256 g/mol. The highest BCUT2D eigenvalue weighted by Gasteiger charge is 2.39. The summed E-state index contributed by atoms with van der Waals surface area (Å²) < 4.78 is 30.7. The lowest BCUT2D eigenvalue weighted by molar-refractivity contribution is -0.0756. The number of halogens is 3.